The molecule has 1 fully saturated rings. The molecule has 0 radical (unpaired) electrons. The van der Waals surface area contributed by atoms with Gasteiger partial charge in [0.1, 0.15) is 0 Å². The summed E-state index contributed by atoms with van der Waals surface area (Å²) < 4.78 is 0. The number of nitrogens with zero attached hydrogens (tertiary/aromatic N) is 1. The van der Waals surface area contributed by atoms with Gasteiger partial charge < -0.3 is 10.2 Å². The number of piperidine rings is 1. The molecule has 0 bridgehead atoms. The van der Waals surface area contributed by atoms with Crippen molar-refractivity contribution in [3.63, 3.8) is 0 Å². The minimum Gasteiger partial charge on any atom is -0.331 e. The summed E-state index contributed by atoms with van der Waals surface area (Å²) >= 11 is 0. The van der Waals surface area contributed by atoms with Crippen LogP contribution in [0.2, 0.25) is 0 Å². The molecule has 1 heterocycles. The third-order valence-corrected chi connectivity index (χ3v) is 7.11. The van der Waals surface area contributed by atoms with Crippen molar-refractivity contribution in [2.75, 3.05) is 11.9 Å². The van der Waals surface area contributed by atoms with Crippen LogP contribution in [0, 0.1) is 12.8 Å². The third kappa shape index (κ3) is 4.30. The fourth-order valence-corrected chi connectivity index (χ4v) is 5.41. The molecule has 3 aromatic rings. The van der Waals surface area contributed by atoms with Gasteiger partial charge >= 0.3 is 0 Å². The van der Waals surface area contributed by atoms with Crippen LogP contribution < -0.4 is 5.32 Å². The Bertz CT molecular complexity index is 1170. The third-order valence-electron chi connectivity index (χ3n) is 7.11. The number of carbonyl (C=O) groups excluding carboxylic acids is 2. The molecule has 1 aliphatic carbocycles. The molecule has 3 aromatic carbocycles. The van der Waals surface area contributed by atoms with Gasteiger partial charge in [0.25, 0.3) is 5.91 Å². The lowest BCUT2D eigenvalue weighted by atomic mass is 9.83. The van der Waals surface area contributed by atoms with Gasteiger partial charge in [0.2, 0.25) is 5.91 Å². The Morgan fingerprint density at radius 3 is 2.45 bits per heavy atom. The number of hydrogen-bond acceptors (Lipinski definition) is 2. The summed E-state index contributed by atoms with van der Waals surface area (Å²) in [5.74, 6) is -0.316. The quantitative estimate of drug-likeness (QED) is 0.567. The van der Waals surface area contributed by atoms with E-state index < -0.39 is 0 Å². The second-order valence-corrected chi connectivity index (χ2v) is 9.24. The van der Waals surface area contributed by atoms with Crippen LogP contribution >= 0.6 is 0 Å². The summed E-state index contributed by atoms with van der Waals surface area (Å²) in [4.78, 5) is 29.1. The number of hydrogen-bond donors (Lipinski definition) is 1. The van der Waals surface area contributed by atoms with Gasteiger partial charge in [-0.1, -0.05) is 54.6 Å². The van der Waals surface area contributed by atoms with E-state index in [2.05, 4.69) is 17.4 Å². The van der Waals surface area contributed by atoms with E-state index in [9.17, 15) is 9.59 Å². The summed E-state index contributed by atoms with van der Waals surface area (Å²) in [6.07, 6.45) is 4.95. The first-order valence-corrected chi connectivity index (χ1v) is 12.0. The number of aryl methyl sites for hydroxylation is 3. The topological polar surface area (TPSA) is 49.4 Å². The lowest BCUT2D eigenvalue weighted by molar-refractivity contribution is -0.123. The van der Waals surface area contributed by atoms with Crippen LogP contribution in [0.3, 0.4) is 0 Å². The van der Waals surface area contributed by atoms with E-state index in [1.54, 1.807) is 0 Å². The number of fused-ring (bicyclic) bond motifs is 1. The predicted octanol–water partition coefficient (Wildman–Crippen LogP) is 5.72. The Labute approximate surface area is 195 Å². The van der Waals surface area contributed by atoms with Gasteiger partial charge in [0.15, 0.2) is 0 Å². The molecule has 0 aromatic heterocycles. The predicted molar refractivity (Wildman–Crippen MR) is 131 cm³/mol. The van der Waals surface area contributed by atoms with Crippen molar-refractivity contribution in [1.82, 2.24) is 4.90 Å². The van der Waals surface area contributed by atoms with Gasteiger partial charge in [-0.2, -0.15) is 0 Å². The summed E-state index contributed by atoms with van der Waals surface area (Å²) in [5, 5.41) is 3.17. The molecule has 2 atom stereocenters. The Balaban J connectivity index is 1.46. The smallest absolute Gasteiger partial charge is 0.254 e. The van der Waals surface area contributed by atoms with Crippen molar-refractivity contribution in [3.8, 4) is 0 Å². The van der Waals surface area contributed by atoms with Crippen LogP contribution in [0.1, 0.15) is 57.9 Å². The van der Waals surface area contributed by atoms with E-state index >= 15 is 0 Å². The molecule has 1 unspecified atom stereocenters. The Hall–Kier alpha value is -3.40. The maximum absolute atomic E-state index is 13.7. The van der Waals surface area contributed by atoms with Crippen molar-refractivity contribution in [3.05, 3.63) is 101 Å². The molecule has 4 heteroatoms. The molecule has 1 aliphatic heterocycles. The maximum atomic E-state index is 13.7. The van der Waals surface area contributed by atoms with Crippen LogP contribution in [0.4, 0.5) is 5.69 Å². The van der Waals surface area contributed by atoms with Crippen molar-refractivity contribution < 1.29 is 9.59 Å². The van der Waals surface area contributed by atoms with Crippen LogP contribution in [0.25, 0.3) is 0 Å². The van der Waals surface area contributed by atoms with E-state index in [1.807, 2.05) is 72.5 Å². The molecular formula is C29H30N2O2. The Morgan fingerprint density at radius 2 is 1.64 bits per heavy atom. The monoisotopic (exact) mass is 438 g/mol. The second kappa shape index (κ2) is 9.22. The van der Waals surface area contributed by atoms with Gasteiger partial charge in [0.05, 0.1) is 12.0 Å². The lowest BCUT2D eigenvalue weighted by Gasteiger charge is -2.41. The molecule has 5 rings (SSSR count). The van der Waals surface area contributed by atoms with Crippen molar-refractivity contribution >= 4 is 17.5 Å². The van der Waals surface area contributed by atoms with Crippen LogP contribution in [0.15, 0.2) is 72.8 Å². The molecule has 2 amide bonds. The summed E-state index contributed by atoms with van der Waals surface area (Å²) in [7, 11) is 0. The number of nitrogens with one attached hydrogen (secondary N) is 1. The average Bonchev–Trinajstić information content (AvgIpc) is 3.32. The van der Waals surface area contributed by atoms with E-state index in [0.29, 0.717) is 12.1 Å². The zero-order chi connectivity index (χ0) is 22.8. The molecule has 168 valence electrons. The van der Waals surface area contributed by atoms with E-state index in [0.717, 1.165) is 42.5 Å². The number of anilines is 1. The van der Waals surface area contributed by atoms with Crippen LogP contribution in [-0.2, 0) is 17.6 Å². The fraction of sp³-hybridized carbons (Fsp3) is 0.310. The molecule has 1 saturated heterocycles. The van der Waals surface area contributed by atoms with Crippen molar-refractivity contribution in [2.45, 2.75) is 45.1 Å². The van der Waals surface area contributed by atoms with Crippen molar-refractivity contribution in [2.24, 2.45) is 5.92 Å². The van der Waals surface area contributed by atoms with Gasteiger partial charge in [-0.05, 0) is 79.5 Å². The second-order valence-electron chi connectivity index (χ2n) is 9.24. The number of carbonyl (C=O) groups is 2. The summed E-state index contributed by atoms with van der Waals surface area (Å²) in [6.45, 7) is 2.61. The molecule has 1 N–H and O–H groups in total. The molecule has 2 aliphatic rings. The SMILES string of the molecule is Cc1ccccc1C(=O)N1CCC[C@H](C(=O)Nc2ccc3c(c2)CCC3)C1c1ccccc1. The van der Waals surface area contributed by atoms with E-state index in [1.165, 1.54) is 17.5 Å². The number of amides is 2. The average molecular weight is 439 g/mol. The highest BCUT2D eigenvalue weighted by atomic mass is 16.2. The highest BCUT2D eigenvalue weighted by molar-refractivity contribution is 5.98. The minimum atomic E-state index is -0.303. The Morgan fingerprint density at radius 1 is 0.879 bits per heavy atom. The van der Waals surface area contributed by atoms with Crippen LogP contribution in [-0.4, -0.2) is 23.3 Å². The van der Waals surface area contributed by atoms with Gasteiger partial charge in [-0.25, -0.2) is 0 Å². The summed E-state index contributed by atoms with van der Waals surface area (Å²) in [5.41, 5.74) is 6.26. The maximum Gasteiger partial charge on any atom is 0.254 e. The standard InChI is InChI=1S/C29H30N2O2/c1-20-9-5-6-14-25(20)29(33)31-18-8-15-26(27(31)22-10-3-2-4-11-22)28(32)30-24-17-16-21-12-7-13-23(21)19-24/h2-6,9-11,14,16-17,19,26-27H,7-8,12-13,15,18H2,1H3,(H,30,32)/t26-,27?/m0/s1. The first kappa shape index (κ1) is 21.4. The van der Waals surface area contributed by atoms with E-state index in [4.69, 9.17) is 0 Å². The van der Waals surface area contributed by atoms with Gasteiger partial charge in [0, 0.05) is 17.8 Å². The number of likely N-dealkylation sites (tertiary alicyclic amines) is 1. The minimum absolute atomic E-state index is 0.00279. The zero-order valence-corrected chi connectivity index (χ0v) is 19.1. The van der Waals surface area contributed by atoms with Gasteiger partial charge in [-0.3, -0.25) is 9.59 Å². The zero-order valence-electron chi connectivity index (χ0n) is 19.1. The largest absolute Gasteiger partial charge is 0.331 e. The normalized spacial score (nSPS) is 19.7. The van der Waals surface area contributed by atoms with E-state index in [-0.39, 0.29) is 23.8 Å². The molecule has 33 heavy (non-hydrogen) atoms. The molecule has 0 saturated carbocycles. The first-order valence-electron chi connectivity index (χ1n) is 12.0. The highest BCUT2D eigenvalue weighted by Crippen LogP contribution is 2.38. The van der Waals surface area contributed by atoms with Gasteiger partial charge in [-0.15, -0.1) is 0 Å². The Kier molecular flexibility index (Phi) is 5.99. The molecular weight excluding hydrogens is 408 g/mol. The highest BCUT2D eigenvalue weighted by Gasteiger charge is 2.39. The van der Waals surface area contributed by atoms with Crippen molar-refractivity contribution in [1.29, 1.82) is 0 Å². The number of benzene rings is 3. The lowest BCUT2D eigenvalue weighted by Crippen LogP contribution is -2.46. The number of rotatable bonds is 4. The van der Waals surface area contributed by atoms with Crippen LogP contribution in [0.5, 0.6) is 0 Å². The summed E-state index contributed by atoms with van der Waals surface area (Å²) in [6, 6.07) is 23.7. The molecule has 4 nitrogen and oxygen atoms in total. The first-order chi connectivity index (χ1) is 16.1. The molecule has 0 spiro atoms. The fourth-order valence-electron chi connectivity index (χ4n) is 5.41.